The molecule has 0 amide bonds. The molecular weight excluding hydrogens is 362 g/mol. The van der Waals surface area contributed by atoms with E-state index in [1.165, 1.54) is 5.56 Å². The fraction of sp³-hybridized carbons (Fsp3) is 0.273. The van der Waals surface area contributed by atoms with E-state index in [0.717, 1.165) is 16.9 Å². The molecule has 4 nitrogen and oxygen atoms in total. The number of hydrogen-bond donors (Lipinski definition) is 1. The molecule has 5 heteroatoms. The first kappa shape index (κ1) is 19.3. The van der Waals surface area contributed by atoms with Gasteiger partial charge in [0.1, 0.15) is 12.4 Å². The molecule has 0 aliphatic rings. The van der Waals surface area contributed by atoms with Crippen LogP contribution in [0.15, 0.2) is 59.2 Å². The highest BCUT2D eigenvalue weighted by Gasteiger charge is 2.12. The summed E-state index contributed by atoms with van der Waals surface area (Å²) >= 11 is 6.47. The highest BCUT2D eigenvalue weighted by Crippen LogP contribution is 2.34. The minimum atomic E-state index is 0.465. The maximum atomic E-state index is 6.47. The van der Waals surface area contributed by atoms with Crippen molar-refractivity contribution in [3.05, 3.63) is 82.3 Å². The SMILES string of the molecule is CCOc1cc(CNCc2ccco2)c(Cl)cc1OCc1ccc(C)cc1. The topological polar surface area (TPSA) is 43.6 Å². The minimum Gasteiger partial charge on any atom is -0.490 e. The van der Waals surface area contributed by atoms with Crippen LogP contribution in [0.4, 0.5) is 0 Å². The molecule has 0 unspecified atom stereocenters. The molecule has 2 aromatic carbocycles. The van der Waals surface area contributed by atoms with Crippen LogP contribution in [0, 0.1) is 6.92 Å². The van der Waals surface area contributed by atoms with Crippen LogP contribution in [0.1, 0.15) is 29.4 Å². The third-order valence-electron chi connectivity index (χ3n) is 4.12. The van der Waals surface area contributed by atoms with Crippen molar-refractivity contribution in [1.29, 1.82) is 0 Å². The standard InChI is InChI=1S/C22H24ClNO3/c1-3-25-21-11-18(13-24-14-19-5-4-10-26-19)20(23)12-22(21)27-15-17-8-6-16(2)7-9-17/h4-12,24H,3,13-15H2,1-2H3. The molecule has 0 saturated carbocycles. The van der Waals surface area contributed by atoms with E-state index in [1.54, 1.807) is 6.26 Å². The van der Waals surface area contributed by atoms with Crippen LogP contribution < -0.4 is 14.8 Å². The lowest BCUT2D eigenvalue weighted by Gasteiger charge is -2.15. The molecule has 3 rings (SSSR count). The van der Waals surface area contributed by atoms with Gasteiger partial charge in [-0.25, -0.2) is 0 Å². The summed E-state index contributed by atoms with van der Waals surface area (Å²) in [4.78, 5) is 0. The van der Waals surface area contributed by atoms with E-state index in [9.17, 15) is 0 Å². The van der Waals surface area contributed by atoms with Gasteiger partial charge in [-0.15, -0.1) is 0 Å². The van der Waals surface area contributed by atoms with Crippen molar-refractivity contribution in [1.82, 2.24) is 5.32 Å². The van der Waals surface area contributed by atoms with Gasteiger partial charge in [-0.1, -0.05) is 41.4 Å². The van der Waals surface area contributed by atoms with Crippen LogP contribution in [0.3, 0.4) is 0 Å². The van der Waals surface area contributed by atoms with Crippen molar-refractivity contribution >= 4 is 11.6 Å². The Morgan fingerprint density at radius 3 is 2.48 bits per heavy atom. The van der Waals surface area contributed by atoms with Crippen molar-refractivity contribution in [2.75, 3.05) is 6.61 Å². The Kier molecular flexibility index (Phi) is 6.80. The van der Waals surface area contributed by atoms with Crippen molar-refractivity contribution in [2.24, 2.45) is 0 Å². The van der Waals surface area contributed by atoms with Crippen molar-refractivity contribution in [2.45, 2.75) is 33.5 Å². The zero-order valence-electron chi connectivity index (χ0n) is 15.6. The lowest BCUT2D eigenvalue weighted by atomic mass is 10.1. The molecule has 1 heterocycles. The fourth-order valence-electron chi connectivity index (χ4n) is 2.67. The maximum Gasteiger partial charge on any atom is 0.163 e. The van der Waals surface area contributed by atoms with E-state index in [1.807, 2.05) is 31.2 Å². The number of furan rings is 1. The molecule has 1 aromatic heterocycles. The fourth-order valence-corrected chi connectivity index (χ4v) is 2.89. The molecule has 142 valence electrons. The van der Waals surface area contributed by atoms with Crippen LogP contribution in [0.25, 0.3) is 0 Å². The Bertz CT molecular complexity index is 845. The number of nitrogens with one attached hydrogen (secondary N) is 1. The smallest absolute Gasteiger partial charge is 0.163 e. The van der Waals surface area contributed by atoms with E-state index in [4.69, 9.17) is 25.5 Å². The van der Waals surface area contributed by atoms with Crippen LogP contribution >= 0.6 is 11.6 Å². The molecule has 3 aromatic rings. The van der Waals surface area contributed by atoms with Gasteiger partial charge in [-0.2, -0.15) is 0 Å². The Balaban J connectivity index is 1.67. The number of rotatable bonds is 9. The summed E-state index contributed by atoms with van der Waals surface area (Å²) in [6.45, 7) is 6.29. The first-order valence-corrected chi connectivity index (χ1v) is 9.40. The van der Waals surface area contributed by atoms with Crippen LogP contribution in [0.2, 0.25) is 5.02 Å². The third-order valence-corrected chi connectivity index (χ3v) is 4.47. The molecule has 0 aliphatic heterocycles. The average Bonchev–Trinajstić information content (AvgIpc) is 3.18. The number of benzene rings is 2. The van der Waals surface area contributed by atoms with Crippen LogP contribution in [-0.4, -0.2) is 6.61 Å². The van der Waals surface area contributed by atoms with Crippen molar-refractivity contribution < 1.29 is 13.9 Å². The van der Waals surface area contributed by atoms with Crippen molar-refractivity contribution in [3.63, 3.8) is 0 Å². The van der Waals surface area contributed by atoms with Crippen molar-refractivity contribution in [3.8, 4) is 11.5 Å². The monoisotopic (exact) mass is 385 g/mol. The number of aryl methyl sites for hydroxylation is 1. The molecule has 0 radical (unpaired) electrons. The Labute approximate surface area is 165 Å². The molecule has 0 aliphatic carbocycles. The van der Waals surface area contributed by atoms with Crippen LogP contribution in [-0.2, 0) is 19.7 Å². The van der Waals surface area contributed by atoms with Gasteiger partial charge in [0, 0.05) is 17.6 Å². The summed E-state index contributed by atoms with van der Waals surface area (Å²) in [7, 11) is 0. The highest BCUT2D eigenvalue weighted by molar-refractivity contribution is 6.31. The van der Waals surface area contributed by atoms with Gasteiger partial charge in [-0.3, -0.25) is 0 Å². The second kappa shape index (κ2) is 9.49. The first-order chi connectivity index (χ1) is 13.2. The van der Waals surface area contributed by atoms with Gasteiger partial charge in [-0.05, 0) is 43.2 Å². The van der Waals surface area contributed by atoms with Crippen LogP contribution in [0.5, 0.6) is 11.5 Å². The summed E-state index contributed by atoms with van der Waals surface area (Å²) < 4.78 is 17.1. The van der Waals surface area contributed by atoms with E-state index in [-0.39, 0.29) is 0 Å². The minimum absolute atomic E-state index is 0.465. The largest absolute Gasteiger partial charge is 0.490 e. The quantitative estimate of drug-likeness (QED) is 0.527. The predicted molar refractivity (Wildman–Crippen MR) is 107 cm³/mol. The van der Waals surface area contributed by atoms with E-state index in [2.05, 4.69) is 36.5 Å². The van der Waals surface area contributed by atoms with E-state index >= 15 is 0 Å². The normalized spacial score (nSPS) is 10.8. The molecule has 27 heavy (non-hydrogen) atoms. The van der Waals surface area contributed by atoms with Gasteiger partial charge in [0.05, 0.1) is 19.4 Å². The molecule has 0 saturated heterocycles. The molecule has 1 N–H and O–H groups in total. The second-order valence-corrected chi connectivity index (χ2v) is 6.69. The van der Waals surface area contributed by atoms with Gasteiger partial charge in [0.15, 0.2) is 11.5 Å². The lowest BCUT2D eigenvalue weighted by Crippen LogP contribution is -2.13. The van der Waals surface area contributed by atoms with E-state index < -0.39 is 0 Å². The van der Waals surface area contributed by atoms with E-state index in [0.29, 0.717) is 42.8 Å². The zero-order chi connectivity index (χ0) is 19.1. The Hall–Kier alpha value is -2.43. The molecule has 0 atom stereocenters. The van der Waals surface area contributed by atoms with Gasteiger partial charge < -0.3 is 19.2 Å². The highest BCUT2D eigenvalue weighted by atomic mass is 35.5. The summed E-state index contributed by atoms with van der Waals surface area (Å²) in [6.07, 6.45) is 1.66. The molecule has 0 bridgehead atoms. The number of halogens is 1. The summed E-state index contributed by atoms with van der Waals surface area (Å²) in [5.41, 5.74) is 3.28. The summed E-state index contributed by atoms with van der Waals surface area (Å²) in [6, 6.07) is 15.8. The molecule has 0 spiro atoms. The maximum absolute atomic E-state index is 6.47. The third kappa shape index (κ3) is 5.52. The summed E-state index contributed by atoms with van der Waals surface area (Å²) in [5, 5.41) is 3.97. The number of hydrogen-bond acceptors (Lipinski definition) is 4. The van der Waals surface area contributed by atoms with Gasteiger partial charge in [0.2, 0.25) is 0 Å². The Morgan fingerprint density at radius 2 is 1.78 bits per heavy atom. The first-order valence-electron chi connectivity index (χ1n) is 9.02. The summed E-state index contributed by atoms with van der Waals surface area (Å²) in [5.74, 6) is 2.23. The number of ether oxygens (including phenoxy) is 2. The second-order valence-electron chi connectivity index (χ2n) is 6.28. The lowest BCUT2D eigenvalue weighted by molar-refractivity contribution is 0.269. The zero-order valence-corrected chi connectivity index (χ0v) is 16.4. The Morgan fingerprint density at radius 1 is 1.00 bits per heavy atom. The predicted octanol–water partition coefficient (Wildman–Crippen LogP) is 5.51. The molecular formula is C22H24ClNO3. The molecule has 0 fully saturated rings. The van der Waals surface area contributed by atoms with Gasteiger partial charge >= 0.3 is 0 Å². The van der Waals surface area contributed by atoms with Gasteiger partial charge in [0.25, 0.3) is 0 Å². The average molecular weight is 386 g/mol.